The van der Waals surface area contributed by atoms with Crippen LogP contribution in [0.2, 0.25) is 0 Å². The normalized spacial score (nSPS) is 9.86. The average molecular weight is 291 g/mol. The second-order valence-corrected chi connectivity index (χ2v) is 4.68. The summed E-state index contributed by atoms with van der Waals surface area (Å²) < 4.78 is 0. The zero-order valence-corrected chi connectivity index (χ0v) is 12.6. The Hall–Kier alpha value is -2.37. The van der Waals surface area contributed by atoms with Crippen molar-refractivity contribution in [3.05, 3.63) is 24.3 Å². The fourth-order valence-electron chi connectivity index (χ4n) is 1.78. The van der Waals surface area contributed by atoms with Crippen molar-refractivity contribution in [1.82, 2.24) is 5.32 Å². The van der Waals surface area contributed by atoms with Gasteiger partial charge < -0.3 is 15.5 Å². The third-order valence-electron chi connectivity index (χ3n) is 2.75. The average Bonchev–Trinajstić information content (AvgIpc) is 2.42. The van der Waals surface area contributed by atoms with Crippen molar-refractivity contribution >= 4 is 29.1 Å². The second-order valence-electron chi connectivity index (χ2n) is 4.68. The molecule has 0 aliphatic heterocycles. The Balaban J connectivity index is 2.78. The lowest BCUT2D eigenvalue weighted by Crippen LogP contribution is -2.40. The Morgan fingerprint density at radius 2 is 1.71 bits per heavy atom. The molecular formula is C15H21N3O3. The molecule has 0 atom stereocenters. The highest BCUT2D eigenvalue weighted by Crippen LogP contribution is 2.18. The molecule has 0 spiro atoms. The van der Waals surface area contributed by atoms with Crippen LogP contribution in [0.25, 0.3) is 0 Å². The van der Waals surface area contributed by atoms with E-state index in [2.05, 4.69) is 10.6 Å². The summed E-state index contributed by atoms with van der Waals surface area (Å²) in [6.07, 6.45) is 0.844. The third kappa shape index (κ3) is 5.64. The van der Waals surface area contributed by atoms with E-state index in [0.717, 1.165) is 6.42 Å². The number of carbonyl (C=O) groups excluding carboxylic acids is 3. The first-order valence-electron chi connectivity index (χ1n) is 6.86. The number of amides is 3. The van der Waals surface area contributed by atoms with Crippen LogP contribution in [0.1, 0.15) is 27.2 Å². The lowest BCUT2D eigenvalue weighted by molar-refractivity contribution is -0.123. The van der Waals surface area contributed by atoms with Gasteiger partial charge >= 0.3 is 0 Å². The molecule has 1 rings (SSSR count). The van der Waals surface area contributed by atoms with Crippen LogP contribution in [0.4, 0.5) is 11.4 Å². The minimum absolute atomic E-state index is 0.0190. The van der Waals surface area contributed by atoms with Crippen molar-refractivity contribution < 1.29 is 14.4 Å². The van der Waals surface area contributed by atoms with Crippen LogP contribution in [0.3, 0.4) is 0 Å². The van der Waals surface area contributed by atoms with Gasteiger partial charge in [-0.15, -0.1) is 0 Å². The van der Waals surface area contributed by atoms with E-state index in [1.807, 2.05) is 6.92 Å². The van der Waals surface area contributed by atoms with Crippen molar-refractivity contribution in [2.75, 3.05) is 23.3 Å². The number of anilines is 2. The summed E-state index contributed by atoms with van der Waals surface area (Å²) in [6.45, 7) is 5.37. The van der Waals surface area contributed by atoms with E-state index in [1.54, 1.807) is 24.3 Å². The van der Waals surface area contributed by atoms with Gasteiger partial charge in [0.1, 0.15) is 6.54 Å². The van der Waals surface area contributed by atoms with Gasteiger partial charge in [0.15, 0.2) is 0 Å². The molecule has 0 unspecified atom stereocenters. The van der Waals surface area contributed by atoms with Crippen LogP contribution in [0, 0.1) is 0 Å². The molecule has 0 heterocycles. The number of carbonyl (C=O) groups is 3. The third-order valence-corrected chi connectivity index (χ3v) is 2.75. The Morgan fingerprint density at radius 3 is 2.19 bits per heavy atom. The summed E-state index contributed by atoms with van der Waals surface area (Å²) in [5.74, 6) is -0.572. The predicted octanol–water partition coefficient (Wildman–Crippen LogP) is 1.52. The highest BCUT2D eigenvalue weighted by Gasteiger charge is 2.15. The molecule has 0 fully saturated rings. The van der Waals surface area contributed by atoms with E-state index in [1.165, 1.54) is 18.7 Å². The molecule has 0 aromatic heterocycles. The number of rotatable bonds is 6. The van der Waals surface area contributed by atoms with Crippen molar-refractivity contribution in [3.8, 4) is 0 Å². The van der Waals surface area contributed by atoms with E-state index in [-0.39, 0.29) is 24.3 Å². The Labute approximate surface area is 124 Å². The van der Waals surface area contributed by atoms with Gasteiger partial charge in [-0.25, -0.2) is 0 Å². The summed E-state index contributed by atoms with van der Waals surface area (Å²) in [5.41, 5.74) is 1.26. The molecule has 0 bridgehead atoms. The Kier molecular flexibility index (Phi) is 6.39. The molecular weight excluding hydrogens is 270 g/mol. The van der Waals surface area contributed by atoms with Gasteiger partial charge in [-0.1, -0.05) is 6.92 Å². The molecule has 114 valence electrons. The smallest absolute Gasteiger partial charge is 0.240 e. The van der Waals surface area contributed by atoms with E-state index in [4.69, 9.17) is 0 Å². The summed E-state index contributed by atoms with van der Waals surface area (Å²) in [6, 6.07) is 6.77. The molecule has 0 aliphatic rings. The molecule has 21 heavy (non-hydrogen) atoms. The predicted molar refractivity (Wildman–Crippen MR) is 82.1 cm³/mol. The van der Waals surface area contributed by atoms with Gasteiger partial charge in [0.25, 0.3) is 0 Å². The SMILES string of the molecule is CCCNC(=O)CN(C(C)=O)c1ccc(NC(C)=O)cc1. The zero-order chi connectivity index (χ0) is 15.8. The van der Waals surface area contributed by atoms with Gasteiger partial charge in [-0.05, 0) is 30.7 Å². The standard InChI is InChI=1S/C15H21N3O3/c1-4-9-16-15(21)10-18(12(3)20)14-7-5-13(6-8-14)17-11(2)19/h5-8H,4,9-10H2,1-3H3,(H,16,21)(H,17,19). The maximum absolute atomic E-state index is 11.7. The van der Waals surface area contributed by atoms with Crippen LogP contribution in [-0.4, -0.2) is 30.8 Å². The van der Waals surface area contributed by atoms with Crippen LogP contribution in [0.5, 0.6) is 0 Å². The van der Waals surface area contributed by atoms with E-state index >= 15 is 0 Å². The number of nitrogens with one attached hydrogen (secondary N) is 2. The van der Waals surface area contributed by atoms with Crippen LogP contribution >= 0.6 is 0 Å². The van der Waals surface area contributed by atoms with E-state index < -0.39 is 0 Å². The lowest BCUT2D eigenvalue weighted by Gasteiger charge is -2.21. The van der Waals surface area contributed by atoms with Gasteiger partial charge in [0.05, 0.1) is 0 Å². The summed E-state index contributed by atoms with van der Waals surface area (Å²) in [7, 11) is 0. The summed E-state index contributed by atoms with van der Waals surface area (Å²) >= 11 is 0. The minimum atomic E-state index is -0.214. The first-order valence-corrected chi connectivity index (χ1v) is 6.86. The lowest BCUT2D eigenvalue weighted by atomic mass is 10.2. The Bertz CT molecular complexity index is 511. The number of benzene rings is 1. The quantitative estimate of drug-likeness (QED) is 0.834. The fraction of sp³-hybridized carbons (Fsp3) is 0.400. The largest absolute Gasteiger partial charge is 0.355 e. The number of hydrogen-bond donors (Lipinski definition) is 2. The topological polar surface area (TPSA) is 78.5 Å². The molecule has 0 saturated carbocycles. The summed E-state index contributed by atoms with van der Waals surface area (Å²) in [5, 5.41) is 5.38. The molecule has 0 radical (unpaired) electrons. The maximum Gasteiger partial charge on any atom is 0.240 e. The summed E-state index contributed by atoms with van der Waals surface area (Å²) in [4.78, 5) is 35.8. The van der Waals surface area contributed by atoms with Gasteiger partial charge in [0.2, 0.25) is 17.7 Å². The van der Waals surface area contributed by atoms with Crippen LogP contribution in [0.15, 0.2) is 24.3 Å². The second kappa shape index (κ2) is 8.04. The number of nitrogens with zero attached hydrogens (tertiary/aromatic N) is 1. The van der Waals surface area contributed by atoms with Crippen molar-refractivity contribution in [2.45, 2.75) is 27.2 Å². The first kappa shape index (κ1) is 16.7. The van der Waals surface area contributed by atoms with Crippen molar-refractivity contribution in [3.63, 3.8) is 0 Å². The molecule has 6 heteroatoms. The Morgan fingerprint density at radius 1 is 1.10 bits per heavy atom. The molecule has 0 saturated heterocycles. The molecule has 1 aromatic carbocycles. The monoisotopic (exact) mass is 291 g/mol. The molecule has 0 aliphatic carbocycles. The highest BCUT2D eigenvalue weighted by molar-refractivity contribution is 5.97. The van der Waals surface area contributed by atoms with E-state index in [9.17, 15) is 14.4 Å². The van der Waals surface area contributed by atoms with Crippen LogP contribution < -0.4 is 15.5 Å². The molecule has 6 nitrogen and oxygen atoms in total. The maximum atomic E-state index is 11.7. The molecule has 1 aromatic rings. The molecule has 2 N–H and O–H groups in total. The fourth-order valence-corrected chi connectivity index (χ4v) is 1.78. The molecule has 3 amide bonds. The number of hydrogen-bond acceptors (Lipinski definition) is 3. The van der Waals surface area contributed by atoms with E-state index in [0.29, 0.717) is 17.9 Å². The van der Waals surface area contributed by atoms with Gasteiger partial charge in [0, 0.05) is 31.8 Å². The van der Waals surface area contributed by atoms with Crippen LogP contribution in [-0.2, 0) is 14.4 Å². The van der Waals surface area contributed by atoms with Crippen molar-refractivity contribution in [1.29, 1.82) is 0 Å². The first-order chi connectivity index (χ1) is 9.93. The zero-order valence-electron chi connectivity index (χ0n) is 12.6. The minimum Gasteiger partial charge on any atom is -0.355 e. The van der Waals surface area contributed by atoms with Gasteiger partial charge in [-0.3, -0.25) is 14.4 Å². The van der Waals surface area contributed by atoms with Crippen molar-refractivity contribution in [2.24, 2.45) is 0 Å². The highest BCUT2D eigenvalue weighted by atomic mass is 16.2. The van der Waals surface area contributed by atoms with Gasteiger partial charge in [-0.2, -0.15) is 0 Å².